The Bertz CT molecular complexity index is 1220. The van der Waals surface area contributed by atoms with Crippen molar-refractivity contribution in [3.05, 3.63) is 119 Å². The summed E-state index contributed by atoms with van der Waals surface area (Å²) in [6.07, 6.45) is 1.55. The summed E-state index contributed by atoms with van der Waals surface area (Å²) in [5.41, 5.74) is 2.44. The number of carbonyl (C=O) groups is 2. The smallest absolute Gasteiger partial charge is 0.255 e. The molecular weight excluding hydrogens is 456 g/mol. The van der Waals surface area contributed by atoms with Crippen molar-refractivity contribution >= 4 is 40.9 Å². The third-order valence-corrected chi connectivity index (χ3v) is 6.19. The maximum Gasteiger partial charge on any atom is 0.255 e. The average molecular weight is 477 g/mol. The van der Waals surface area contributed by atoms with Crippen molar-refractivity contribution in [3.63, 3.8) is 0 Å². The van der Waals surface area contributed by atoms with Gasteiger partial charge in [0.2, 0.25) is 0 Å². The highest BCUT2D eigenvalue weighted by molar-refractivity contribution is 7.98. The molecular formula is C26H21ClN2O3S. The second kappa shape index (κ2) is 10.9. The van der Waals surface area contributed by atoms with Gasteiger partial charge in [0, 0.05) is 21.2 Å². The number of hydrogen-bond donors (Lipinski definition) is 2. The number of anilines is 1. The van der Waals surface area contributed by atoms with Crippen LogP contribution >= 0.6 is 23.4 Å². The van der Waals surface area contributed by atoms with Crippen LogP contribution in [-0.4, -0.2) is 11.8 Å². The molecule has 4 aromatic rings. The number of furan rings is 1. The summed E-state index contributed by atoms with van der Waals surface area (Å²) in [6.45, 7) is 0.267. The van der Waals surface area contributed by atoms with Crippen LogP contribution in [0.5, 0.6) is 0 Å². The molecule has 1 heterocycles. The molecule has 0 atom stereocenters. The van der Waals surface area contributed by atoms with Crippen LogP contribution in [0.4, 0.5) is 5.69 Å². The van der Waals surface area contributed by atoms with Crippen LogP contribution in [0.3, 0.4) is 0 Å². The number of rotatable bonds is 8. The molecule has 0 radical (unpaired) electrons. The Labute approximate surface area is 201 Å². The van der Waals surface area contributed by atoms with Crippen molar-refractivity contribution in [2.45, 2.75) is 17.2 Å². The molecule has 7 heteroatoms. The average Bonchev–Trinajstić information content (AvgIpc) is 3.37. The molecule has 33 heavy (non-hydrogen) atoms. The number of benzene rings is 3. The van der Waals surface area contributed by atoms with Gasteiger partial charge in [-0.15, -0.1) is 11.8 Å². The summed E-state index contributed by atoms with van der Waals surface area (Å²) in [6, 6.07) is 25.6. The van der Waals surface area contributed by atoms with E-state index in [-0.39, 0.29) is 18.4 Å². The number of carbonyl (C=O) groups excluding carboxylic acids is 2. The zero-order chi connectivity index (χ0) is 23.0. The SMILES string of the molecule is O=C(Nc1ccccc1C(=O)NCc1ccco1)c1ccc(CSc2ccc(Cl)cc2)cc1. The highest BCUT2D eigenvalue weighted by Crippen LogP contribution is 2.24. The van der Waals surface area contributed by atoms with Crippen LogP contribution in [0.1, 0.15) is 32.0 Å². The van der Waals surface area contributed by atoms with Crippen LogP contribution in [0, 0.1) is 0 Å². The zero-order valence-corrected chi connectivity index (χ0v) is 19.2. The summed E-state index contributed by atoms with van der Waals surface area (Å²) in [5, 5.41) is 6.36. The van der Waals surface area contributed by atoms with Crippen LogP contribution in [0.25, 0.3) is 0 Å². The molecule has 0 aliphatic rings. The lowest BCUT2D eigenvalue weighted by molar-refractivity contribution is 0.0949. The lowest BCUT2D eigenvalue weighted by atomic mass is 10.1. The van der Waals surface area contributed by atoms with Crippen LogP contribution < -0.4 is 10.6 Å². The molecule has 2 amide bonds. The first kappa shape index (κ1) is 22.7. The third kappa shape index (κ3) is 6.28. The predicted molar refractivity (Wildman–Crippen MR) is 132 cm³/mol. The lowest BCUT2D eigenvalue weighted by Gasteiger charge is -2.11. The molecule has 0 aliphatic heterocycles. The number of amides is 2. The van der Waals surface area contributed by atoms with E-state index in [0.717, 1.165) is 16.2 Å². The molecule has 3 aromatic carbocycles. The summed E-state index contributed by atoms with van der Waals surface area (Å²) in [5.74, 6) is 0.858. The van der Waals surface area contributed by atoms with Crippen LogP contribution in [-0.2, 0) is 12.3 Å². The van der Waals surface area contributed by atoms with Gasteiger partial charge in [-0.25, -0.2) is 0 Å². The van der Waals surface area contributed by atoms with Crippen molar-refractivity contribution in [1.29, 1.82) is 0 Å². The molecule has 2 N–H and O–H groups in total. The molecule has 0 unspecified atom stereocenters. The fraction of sp³-hybridized carbons (Fsp3) is 0.0769. The summed E-state index contributed by atoms with van der Waals surface area (Å²) in [4.78, 5) is 26.5. The second-order valence-corrected chi connectivity index (χ2v) is 8.69. The predicted octanol–water partition coefficient (Wildman–Crippen LogP) is 6.41. The Hall–Kier alpha value is -3.48. The molecule has 0 saturated heterocycles. The molecule has 0 spiro atoms. The molecule has 0 saturated carbocycles. The van der Waals surface area contributed by atoms with E-state index < -0.39 is 0 Å². The normalized spacial score (nSPS) is 10.6. The van der Waals surface area contributed by atoms with E-state index in [1.807, 2.05) is 36.4 Å². The van der Waals surface area contributed by atoms with Gasteiger partial charge in [-0.1, -0.05) is 35.9 Å². The Morgan fingerprint density at radius 3 is 2.33 bits per heavy atom. The largest absolute Gasteiger partial charge is 0.467 e. The second-order valence-electron chi connectivity index (χ2n) is 7.20. The van der Waals surface area contributed by atoms with Gasteiger partial charge in [0.1, 0.15) is 5.76 Å². The van der Waals surface area contributed by atoms with Crippen LogP contribution in [0.2, 0.25) is 5.02 Å². The Morgan fingerprint density at radius 1 is 0.848 bits per heavy atom. The summed E-state index contributed by atoms with van der Waals surface area (Å²) >= 11 is 7.62. The van der Waals surface area contributed by atoms with Crippen molar-refractivity contribution in [2.75, 3.05) is 5.32 Å². The standard InChI is InChI=1S/C26H21ClN2O3S/c27-20-11-13-22(14-12-20)33-17-18-7-9-19(10-8-18)25(30)29-24-6-2-1-5-23(24)26(31)28-16-21-4-3-15-32-21/h1-15H,16-17H2,(H,28,31)(H,29,30). The van der Waals surface area contributed by atoms with Crippen molar-refractivity contribution in [1.82, 2.24) is 5.32 Å². The number of nitrogens with one attached hydrogen (secondary N) is 2. The van der Waals surface area contributed by atoms with Gasteiger partial charge in [0.15, 0.2) is 0 Å². The number of hydrogen-bond acceptors (Lipinski definition) is 4. The quantitative estimate of drug-likeness (QED) is 0.288. The van der Waals surface area contributed by atoms with Crippen molar-refractivity contribution < 1.29 is 14.0 Å². The van der Waals surface area contributed by atoms with Gasteiger partial charge in [-0.3, -0.25) is 9.59 Å². The molecule has 166 valence electrons. The molecule has 0 aliphatic carbocycles. The van der Waals surface area contributed by atoms with E-state index in [0.29, 0.717) is 27.6 Å². The fourth-order valence-electron chi connectivity index (χ4n) is 3.11. The Balaban J connectivity index is 1.36. The highest BCUT2D eigenvalue weighted by Gasteiger charge is 2.14. The topological polar surface area (TPSA) is 71.3 Å². The first-order valence-electron chi connectivity index (χ1n) is 10.3. The Kier molecular flexibility index (Phi) is 7.50. The molecule has 5 nitrogen and oxygen atoms in total. The van der Waals surface area contributed by atoms with Gasteiger partial charge in [0.05, 0.1) is 24.1 Å². The van der Waals surface area contributed by atoms with Gasteiger partial charge < -0.3 is 15.1 Å². The number of halogens is 1. The van der Waals surface area contributed by atoms with Gasteiger partial charge in [-0.2, -0.15) is 0 Å². The van der Waals surface area contributed by atoms with Crippen molar-refractivity contribution in [3.8, 4) is 0 Å². The highest BCUT2D eigenvalue weighted by atomic mass is 35.5. The van der Waals surface area contributed by atoms with E-state index in [1.165, 1.54) is 0 Å². The van der Waals surface area contributed by atoms with E-state index in [4.69, 9.17) is 16.0 Å². The molecule has 0 bridgehead atoms. The van der Waals surface area contributed by atoms with E-state index in [9.17, 15) is 9.59 Å². The molecule has 0 fully saturated rings. The lowest BCUT2D eigenvalue weighted by Crippen LogP contribution is -2.24. The summed E-state index contributed by atoms with van der Waals surface area (Å²) in [7, 11) is 0. The minimum Gasteiger partial charge on any atom is -0.467 e. The number of thioether (sulfide) groups is 1. The Morgan fingerprint density at radius 2 is 1.61 bits per heavy atom. The van der Waals surface area contributed by atoms with Crippen LogP contribution in [0.15, 0.2) is 101 Å². The van der Waals surface area contributed by atoms with E-state index in [2.05, 4.69) is 10.6 Å². The first-order valence-corrected chi connectivity index (χ1v) is 11.6. The van der Waals surface area contributed by atoms with E-state index in [1.54, 1.807) is 66.6 Å². The third-order valence-electron chi connectivity index (χ3n) is 4.86. The maximum atomic E-state index is 12.8. The van der Waals surface area contributed by atoms with Gasteiger partial charge in [-0.05, 0) is 66.2 Å². The molecule has 4 rings (SSSR count). The zero-order valence-electron chi connectivity index (χ0n) is 17.6. The van der Waals surface area contributed by atoms with Crippen molar-refractivity contribution in [2.24, 2.45) is 0 Å². The first-order chi connectivity index (χ1) is 16.1. The summed E-state index contributed by atoms with van der Waals surface area (Å²) < 4.78 is 5.24. The molecule has 1 aromatic heterocycles. The van der Waals surface area contributed by atoms with E-state index >= 15 is 0 Å². The number of para-hydroxylation sites is 1. The fourth-order valence-corrected chi connectivity index (χ4v) is 4.09. The minimum atomic E-state index is -0.295. The van der Waals surface area contributed by atoms with Gasteiger partial charge in [0.25, 0.3) is 11.8 Å². The van der Waals surface area contributed by atoms with Gasteiger partial charge >= 0.3 is 0 Å². The maximum absolute atomic E-state index is 12.8. The monoisotopic (exact) mass is 476 g/mol. The minimum absolute atomic E-state index is 0.267.